The number of nitrogens with zero attached hydrogens (tertiary/aromatic N) is 7. The predicted octanol–water partition coefficient (Wildman–Crippen LogP) is 2.04. The molecule has 0 saturated heterocycles. The molecule has 0 aliphatic heterocycles. The van der Waals surface area contributed by atoms with E-state index in [-0.39, 0.29) is 18.1 Å². The van der Waals surface area contributed by atoms with Crippen molar-refractivity contribution >= 4 is 17.5 Å². The van der Waals surface area contributed by atoms with Crippen LogP contribution in [0.25, 0.3) is 16.8 Å². The Bertz CT molecular complexity index is 1140. The summed E-state index contributed by atoms with van der Waals surface area (Å²) < 4.78 is 42.3. The fourth-order valence-electron chi connectivity index (χ4n) is 2.64. The first-order chi connectivity index (χ1) is 13.4. The molecule has 3 heterocycles. The lowest BCUT2D eigenvalue weighted by Gasteiger charge is -2.12. The minimum absolute atomic E-state index is 0.0133. The van der Waals surface area contributed by atoms with Gasteiger partial charge in [0.15, 0.2) is 5.65 Å². The maximum absolute atomic E-state index is 13.3. The molecule has 0 unspecified atom stereocenters. The van der Waals surface area contributed by atoms with Crippen LogP contribution in [0.3, 0.4) is 0 Å². The number of rotatable bonds is 4. The van der Waals surface area contributed by atoms with E-state index in [4.69, 9.17) is 0 Å². The number of tetrazole rings is 1. The highest BCUT2D eigenvalue weighted by Gasteiger charge is 2.33. The van der Waals surface area contributed by atoms with Crippen molar-refractivity contribution in [2.24, 2.45) is 0 Å². The van der Waals surface area contributed by atoms with Gasteiger partial charge in [0.2, 0.25) is 11.9 Å². The van der Waals surface area contributed by atoms with Crippen molar-refractivity contribution in [1.29, 1.82) is 0 Å². The maximum Gasteiger partial charge on any atom is 0.417 e. The summed E-state index contributed by atoms with van der Waals surface area (Å²) in [6.07, 6.45) is -1.78. The summed E-state index contributed by atoms with van der Waals surface area (Å²) in [6.45, 7) is -0.132. The van der Waals surface area contributed by atoms with Crippen molar-refractivity contribution in [2.75, 3.05) is 5.32 Å². The molecule has 1 N–H and O–H groups in total. The Kier molecular flexibility index (Phi) is 4.22. The molecule has 4 rings (SSSR count). The summed E-state index contributed by atoms with van der Waals surface area (Å²) in [5.74, 6) is -0.440. The third kappa shape index (κ3) is 3.51. The molecular weight excluding hydrogens is 377 g/mol. The van der Waals surface area contributed by atoms with E-state index in [1.807, 2.05) is 0 Å². The molecule has 4 aromatic rings. The number of hydrogen-bond acceptors (Lipinski definition) is 6. The number of benzene rings is 1. The van der Waals surface area contributed by atoms with Crippen molar-refractivity contribution in [3.63, 3.8) is 0 Å². The number of pyridine rings is 1. The van der Waals surface area contributed by atoms with Crippen LogP contribution in [0.15, 0.2) is 48.9 Å². The minimum atomic E-state index is -4.48. The number of alkyl halides is 3. The first-order valence-corrected chi connectivity index (χ1v) is 7.94. The van der Waals surface area contributed by atoms with E-state index < -0.39 is 17.6 Å². The van der Waals surface area contributed by atoms with Crippen LogP contribution in [0.1, 0.15) is 5.56 Å². The van der Waals surface area contributed by atoms with Crippen molar-refractivity contribution in [2.45, 2.75) is 12.7 Å². The van der Waals surface area contributed by atoms with E-state index in [0.717, 1.165) is 6.07 Å². The lowest BCUT2D eigenvalue weighted by Crippen LogP contribution is -2.19. The Labute approximate surface area is 154 Å². The van der Waals surface area contributed by atoms with Crippen molar-refractivity contribution in [1.82, 2.24) is 34.8 Å². The standard InChI is InChI=1S/C16H11F3N8O/c17-16(18,19)12-4-2-1-3-11(12)10-5-6-13-21-15(23-27(13)7-10)22-14(28)8-26-9-20-24-25-26/h1-7,9H,8H2,(H,22,23,28). The lowest BCUT2D eigenvalue weighted by atomic mass is 10.0. The fraction of sp³-hybridized carbons (Fsp3) is 0.125. The summed E-state index contributed by atoms with van der Waals surface area (Å²) >= 11 is 0. The van der Waals surface area contributed by atoms with Crippen LogP contribution in [-0.4, -0.2) is 40.7 Å². The molecule has 0 aliphatic rings. The highest BCUT2D eigenvalue weighted by Crippen LogP contribution is 2.36. The molecule has 3 aromatic heterocycles. The van der Waals surface area contributed by atoms with Crippen LogP contribution < -0.4 is 5.32 Å². The second-order valence-corrected chi connectivity index (χ2v) is 5.75. The van der Waals surface area contributed by atoms with Gasteiger partial charge in [0.05, 0.1) is 5.56 Å². The molecule has 1 aromatic carbocycles. The van der Waals surface area contributed by atoms with E-state index in [1.165, 1.54) is 52.1 Å². The topological polar surface area (TPSA) is 103 Å². The molecule has 0 aliphatic carbocycles. The summed E-state index contributed by atoms with van der Waals surface area (Å²) in [4.78, 5) is 16.1. The fourth-order valence-corrected chi connectivity index (χ4v) is 2.64. The average Bonchev–Trinajstić information content (AvgIpc) is 3.29. The third-order valence-electron chi connectivity index (χ3n) is 3.82. The largest absolute Gasteiger partial charge is 0.417 e. The number of carbonyl (C=O) groups is 1. The van der Waals surface area contributed by atoms with Crippen LogP contribution in [0.5, 0.6) is 0 Å². The van der Waals surface area contributed by atoms with Crippen LogP contribution >= 0.6 is 0 Å². The normalized spacial score (nSPS) is 11.7. The molecule has 0 atom stereocenters. The molecule has 0 fully saturated rings. The second kappa shape index (κ2) is 6.72. The number of hydrogen-bond donors (Lipinski definition) is 1. The first-order valence-electron chi connectivity index (χ1n) is 7.94. The van der Waals surface area contributed by atoms with E-state index >= 15 is 0 Å². The Balaban J connectivity index is 1.62. The van der Waals surface area contributed by atoms with Crippen LogP contribution in [0.2, 0.25) is 0 Å². The van der Waals surface area contributed by atoms with Crippen LogP contribution in [0, 0.1) is 0 Å². The number of aromatic nitrogens is 7. The number of anilines is 1. The van der Waals surface area contributed by atoms with Gasteiger partial charge in [-0.2, -0.15) is 18.2 Å². The van der Waals surface area contributed by atoms with Crippen molar-refractivity contribution < 1.29 is 18.0 Å². The van der Waals surface area contributed by atoms with E-state index in [9.17, 15) is 18.0 Å². The molecule has 12 heteroatoms. The Hall–Kier alpha value is -3.83. The van der Waals surface area contributed by atoms with Gasteiger partial charge < -0.3 is 0 Å². The number of nitrogens with one attached hydrogen (secondary N) is 1. The van der Waals surface area contributed by atoms with E-state index in [1.54, 1.807) is 0 Å². The molecule has 142 valence electrons. The monoisotopic (exact) mass is 388 g/mol. The molecule has 0 spiro atoms. The Morgan fingerprint density at radius 3 is 2.71 bits per heavy atom. The molecule has 28 heavy (non-hydrogen) atoms. The molecule has 0 saturated carbocycles. The highest BCUT2D eigenvalue weighted by molar-refractivity contribution is 5.88. The van der Waals surface area contributed by atoms with Crippen molar-refractivity contribution in [3.8, 4) is 11.1 Å². The highest BCUT2D eigenvalue weighted by atomic mass is 19.4. The van der Waals surface area contributed by atoms with Gasteiger partial charge in [-0.25, -0.2) is 9.20 Å². The van der Waals surface area contributed by atoms with Crippen LogP contribution in [-0.2, 0) is 17.5 Å². The quantitative estimate of drug-likeness (QED) is 0.574. The first kappa shape index (κ1) is 17.6. The molecular formula is C16H11F3N8O. The van der Waals surface area contributed by atoms with Gasteiger partial charge >= 0.3 is 6.18 Å². The molecule has 1 amide bonds. The summed E-state index contributed by atoms with van der Waals surface area (Å²) in [7, 11) is 0. The van der Waals surface area contributed by atoms with E-state index in [2.05, 4.69) is 30.9 Å². The summed E-state index contributed by atoms with van der Waals surface area (Å²) in [6, 6.07) is 8.30. The molecule has 9 nitrogen and oxygen atoms in total. The van der Waals surface area contributed by atoms with Gasteiger partial charge in [0.1, 0.15) is 12.9 Å². The zero-order chi connectivity index (χ0) is 19.7. The number of halogens is 3. The van der Waals surface area contributed by atoms with E-state index in [0.29, 0.717) is 11.2 Å². The Morgan fingerprint density at radius 2 is 1.96 bits per heavy atom. The zero-order valence-electron chi connectivity index (χ0n) is 14.0. The number of carbonyl (C=O) groups excluding carboxylic acids is 1. The van der Waals surface area contributed by atoms with Crippen LogP contribution in [0.4, 0.5) is 19.1 Å². The Morgan fingerprint density at radius 1 is 1.14 bits per heavy atom. The second-order valence-electron chi connectivity index (χ2n) is 5.75. The molecule has 0 radical (unpaired) electrons. The zero-order valence-corrected chi connectivity index (χ0v) is 14.0. The van der Waals surface area contributed by atoms with Gasteiger partial charge in [-0.1, -0.05) is 18.2 Å². The SMILES string of the molecule is O=C(Cn1cnnn1)Nc1nc2ccc(-c3ccccc3C(F)(F)F)cn2n1. The van der Waals surface area contributed by atoms with Gasteiger partial charge in [-0.3, -0.25) is 10.1 Å². The van der Waals surface area contributed by atoms with Gasteiger partial charge in [-0.05, 0) is 34.2 Å². The van der Waals surface area contributed by atoms with Crippen molar-refractivity contribution in [3.05, 3.63) is 54.5 Å². The molecule has 0 bridgehead atoms. The predicted molar refractivity (Wildman–Crippen MR) is 89.9 cm³/mol. The number of amides is 1. The summed E-state index contributed by atoms with van der Waals surface area (Å²) in [5, 5.41) is 17.0. The smallest absolute Gasteiger partial charge is 0.292 e. The minimum Gasteiger partial charge on any atom is -0.292 e. The average molecular weight is 388 g/mol. The lowest BCUT2D eigenvalue weighted by molar-refractivity contribution is -0.137. The van der Waals surface area contributed by atoms with Gasteiger partial charge in [0, 0.05) is 11.8 Å². The summed E-state index contributed by atoms with van der Waals surface area (Å²) in [5.41, 5.74) is -0.0380. The number of fused-ring (bicyclic) bond motifs is 1. The van der Waals surface area contributed by atoms with Gasteiger partial charge in [0.25, 0.3) is 0 Å². The third-order valence-corrected chi connectivity index (χ3v) is 3.82. The van der Waals surface area contributed by atoms with Gasteiger partial charge in [-0.15, -0.1) is 10.2 Å². The maximum atomic E-state index is 13.3.